The summed E-state index contributed by atoms with van der Waals surface area (Å²) in [6.45, 7) is 1.76. The van der Waals surface area contributed by atoms with Crippen molar-refractivity contribution in [3.63, 3.8) is 0 Å². The Morgan fingerprint density at radius 1 is 1.33 bits per heavy atom. The lowest BCUT2D eigenvalue weighted by atomic mass is 10.2. The van der Waals surface area contributed by atoms with Gasteiger partial charge in [-0.05, 0) is 25.1 Å². The molecule has 0 aliphatic heterocycles. The van der Waals surface area contributed by atoms with Crippen molar-refractivity contribution in [1.29, 1.82) is 0 Å². The van der Waals surface area contributed by atoms with Crippen LogP contribution in [0.1, 0.15) is 11.1 Å². The molecule has 0 atom stereocenters. The van der Waals surface area contributed by atoms with E-state index >= 15 is 0 Å². The highest BCUT2D eigenvalue weighted by Crippen LogP contribution is 2.24. The molecule has 0 radical (unpaired) electrons. The normalized spacial score (nSPS) is 10.6. The van der Waals surface area contributed by atoms with Gasteiger partial charge in [0.05, 0.1) is 11.1 Å². The molecule has 0 aliphatic rings. The molecule has 7 nitrogen and oxygen atoms in total. The van der Waals surface area contributed by atoms with Crippen molar-refractivity contribution in [1.82, 2.24) is 5.43 Å². The van der Waals surface area contributed by atoms with Crippen LogP contribution in [-0.4, -0.2) is 23.7 Å². The molecule has 1 N–H and O–H groups in total. The van der Waals surface area contributed by atoms with Crippen LogP contribution in [0.5, 0.6) is 5.75 Å². The second kappa shape index (κ2) is 8.07. The van der Waals surface area contributed by atoms with Crippen molar-refractivity contribution in [3.05, 3.63) is 68.7 Å². The van der Waals surface area contributed by atoms with E-state index in [1.54, 1.807) is 18.2 Å². The predicted octanol–water partition coefficient (Wildman–Crippen LogP) is 3.09. The number of hydrogen-bond acceptors (Lipinski definition) is 5. The standard InChI is InChI=1S/C16H14ClN3O4/c1-11-2-5-13(6-3-11)24-10-16(21)19-18-9-12-4-7-14(17)15(8-12)20(22)23/h2-9H,10H2,1H3,(H,19,21). The van der Waals surface area contributed by atoms with Crippen LogP contribution < -0.4 is 10.2 Å². The fourth-order valence-electron chi connectivity index (χ4n) is 1.74. The van der Waals surface area contributed by atoms with E-state index in [-0.39, 0.29) is 17.3 Å². The van der Waals surface area contributed by atoms with Crippen LogP contribution in [0.2, 0.25) is 5.02 Å². The lowest BCUT2D eigenvalue weighted by molar-refractivity contribution is -0.384. The molecule has 0 fully saturated rings. The topological polar surface area (TPSA) is 93.8 Å². The molecule has 2 rings (SSSR count). The highest BCUT2D eigenvalue weighted by molar-refractivity contribution is 6.32. The average molecular weight is 348 g/mol. The number of amides is 1. The van der Waals surface area contributed by atoms with Gasteiger partial charge in [-0.1, -0.05) is 35.4 Å². The fourth-order valence-corrected chi connectivity index (χ4v) is 1.93. The van der Waals surface area contributed by atoms with E-state index in [4.69, 9.17) is 16.3 Å². The van der Waals surface area contributed by atoms with Gasteiger partial charge >= 0.3 is 0 Å². The monoisotopic (exact) mass is 347 g/mol. The number of rotatable bonds is 6. The Bertz CT molecular complexity index is 775. The Kier molecular flexibility index (Phi) is 5.86. The average Bonchev–Trinajstić information content (AvgIpc) is 2.55. The Morgan fingerprint density at radius 2 is 2.04 bits per heavy atom. The molecule has 124 valence electrons. The maximum atomic E-state index is 11.6. The van der Waals surface area contributed by atoms with Gasteiger partial charge in [-0.2, -0.15) is 5.10 Å². The third kappa shape index (κ3) is 5.06. The van der Waals surface area contributed by atoms with Gasteiger partial charge in [0, 0.05) is 11.6 Å². The van der Waals surface area contributed by atoms with Crippen LogP contribution in [0.4, 0.5) is 5.69 Å². The molecule has 8 heteroatoms. The molecule has 0 saturated carbocycles. The van der Waals surface area contributed by atoms with Crippen LogP contribution >= 0.6 is 11.6 Å². The molecule has 0 unspecified atom stereocenters. The first-order valence-electron chi connectivity index (χ1n) is 6.91. The Labute approximate surface area is 143 Å². The molecule has 0 bridgehead atoms. The summed E-state index contributed by atoms with van der Waals surface area (Å²) in [7, 11) is 0. The third-order valence-electron chi connectivity index (χ3n) is 2.96. The SMILES string of the molecule is Cc1ccc(OCC(=O)NN=Cc2ccc(Cl)c([N+](=O)[O-])c2)cc1. The number of benzene rings is 2. The largest absolute Gasteiger partial charge is 0.484 e. The number of nitro groups is 1. The summed E-state index contributed by atoms with van der Waals surface area (Å²) in [5, 5.41) is 14.5. The van der Waals surface area contributed by atoms with E-state index < -0.39 is 10.8 Å². The Balaban J connectivity index is 1.87. The molecule has 2 aromatic carbocycles. The highest BCUT2D eigenvalue weighted by atomic mass is 35.5. The summed E-state index contributed by atoms with van der Waals surface area (Å²) in [5.74, 6) is 0.128. The Morgan fingerprint density at radius 3 is 2.71 bits per heavy atom. The molecule has 0 spiro atoms. The van der Waals surface area contributed by atoms with Crippen molar-refractivity contribution in [2.45, 2.75) is 6.92 Å². The van der Waals surface area contributed by atoms with Crippen molar-refractivity contribution in [3.8, 4) is 5.75 Å². The highest BCUT2D eigenvalue weighted by Gasteiger charge is 2.11. The van der Waals surface area contributed by atoms with Crippen molar-refractivity contribution in [2.24, 2.45) is 5.10 Å². The second-order valence-corrected chi connectivity index (χ2v) is 5.27. The van der Waals surface area contributed by atoms with Gasteiger partial charge < -0.3 is 4.74 Å². The number of carbonyl (C=O) groups is 1. The molecule has 1 amide bonds. The van der Waals surface area contributed by atoms with Crippen LogP contribution in [0, 0.1) is 17.0 Å². The van der Waals surface area contributed by atoms with Crippen LogP contribution in [0.15, 0.2) is 47.6 Å². The first-order valence-corrected chi connectivity index (χ1v) is 7.29. The van der Waals surface area contributed by atoms with Gasteiger partial charge in [0.25, 0.3) is 11.6 Å². The summed E-state index contributed by atoms with van der Waals surface area (Å²) >= 11 is 5.71. The zero-order valence-electron chi connectivity index (χ0n) is 12.7. The molecular formula is C16H14ClN3O4. The molecule has 0 heterocycles. The van der Waals surface area contributed by atoms with E-state index in [1.807, 2.05) is 19.1 Å². The molecule has 0 aromatic heterocycles. The second-order valence-electron chi connectivity index (χ2n) is 4.86. The van der Waals surface area contributed by atoms with E-state index in [9.17, 15) is 14.9 Å². The number of hydrazone groups is 1. The molecular weight excluding hydrogens is 334 g/mol. The Hall–Kier alpha value is -2.93. The summed E-state index contributed by atoms with van der Waals surface area (Å²) < 4.78 is 5.30. The molecule has 0 aliphatic carbocycles. The van der Waals surface area contributed by atoms with Gasteiger partial charge in [-0.15, -0.1) is 0 Å². The van der Waals surface area contributed by atoms with Crippen LogP contribution in [0.3, 0.4) is 0 Å². The van der Waals surface area contributed by atoms with Gasteiger partial charge in [-0.25, -0.2) is 5.43 Å². The summed E-state index contributed by atoms with van der Waals surface area (Å²) in [6, 6.07) is 11.5. The third-order valence-corrected chi connectivity index (χ3v) is 3.28. The maximum absolute atomic E-state index is 11.6. The number of nitrogens with one attached hydrogen (secondary N) is 1. The van der Waals surface area contributed by atoms with Gasteiger partial charge in [0.1, 0.15) is 10.8 Å². The summed E-state index contributed by atoms with van der Waals surface area (Å²) in [4.78, 5) is 21.8. The van der Waals surface area contributed by atoms with Gasteiger partial charge in [0.15, 0.2) is 6.61 Å². The lowest BCUT2D eigenvalue weighted by Crippen LogP contribution is -2.24. The number of hydrogen-bond donors (Lipinski definition) is 1. The van der Waals surface area contributed by atoms with E-state index in [0.29, 0.717) is 11.3 Å². The zero-order chi connectivity index (χ0) is 17.5. The fraction of sp³-hybridized carbons (Fsp3) is 0.125. The first kappa shape index (κ1) is 17.4. The quantitative estimate of drug-likeness (QED) is 0.493. The number of ether oxygens (including phenoxy) is 1. The summed E-state index contributed by atoms with van der Waals surface area (Å²) in [6.07, 6.45) is 1.28. The molecule has 0 saturated heterocycles. The number of carbonyl (C=O) groups excluding carboxylic acids is 1. The van der Waals surface area contributed by atoms with Crippen molar-refractivity contribution >= 4 is 29.4 Å². The van der Waals surface area contributed by atoms with Gasteiger partial charge in [-0.3, -0.25) is 14.9 Å². The number of halogens is 1. The van der Waals surface area contributed by atoms with E-state index in [2.05, 4.69) is 10.5 Å². The zero-order valence-corrected chi connectivity index (χ0v) is 13.5. The van der Waals surface area contributed by atoms with E-state index in [1.165, 1.54) is 18.3 Å². The number of nitro benzene ring substituents is 1. The van der Waals surface area contributed by atoms with Gasteiger partial charge in [0.2, 0.25) is 0 Å². The lowest BCUT2D eigenvalue weighted by Gasteiger charge is -2.05. The summed E-state index contributed by atoms with van der Waals surface area (Å²) in [5.41, 5.74) is 3.58. The number of nitrogens with zero attached hydrogens (tertiary/aromatic N) is 2. The van der Waals surface area contributed by atoms with Crippen molar-refractivity contribution in [2.75, 3.05) is 6.61 Å². The molecule has 24 heavy (non-hydrogen) atoms. The molecule has 2 aromatic rings. The van der Waals surface area contributed by atoms with Crippen LogP contribution in [-0.2, 0) is 4.79 Å². The smallest absolute Gasteiger partial charge is 0.288 e. The number of aryl methyl sites for hydroxylation is 1. The van der Waals surface area contributed by atoms with Crippen molar-refractivity contribution < 1.29 is 14.5 Å². The minimum Gasteiger partial charge on any atom is -0.484 e. The van der Waals surface area contributed by atoms with Crippen LogP contribution in [0.25, 0.3) is 0 Å². The minimum atomic E-state index is -0.590. The minimum absolute atomic E-state index is 0.0349. The predicted molar refractivity (Wildman–Crippen MR) is 90.5 cm³/mol. The first-order chi connectivity index (χ1) is 11.5. The maximum Gasteiger partial charge on any atom is 0.288 e. The van der Waals surface area contributed by atoms with E-state index in [0.717, 1.165) is 5.56 Å².